The largest absolute Gasteiger partial charge is 0.465 e. The predicted octanol–water partition coefficient (Wildman–Crippen LogP) is 2.06. The number of ether oxygens (including phenoxy) is 1. The van der Waals surface area contributed by atoms with E-state index in [0.717, 1.165) is 19.3 Å². The van der Waals surface area contributed by atoms with Crippen LogP contribution in [0.3, 0.4) is 0 Å². The fraction of sp³-hybridized carbons (Fsp3) is 0.500. The van der Waals surface area contributed by atoms with Crippen molar-refractivity contribution < 1.29 is 14.6 Å². The molecule has 1 fully saturated rings. The van der Waals surface area contributed by atoms with Gasteiger partial charge in [0.25, 0.3) is 0 Å². The highest BCUT2D eigenvalue weighted by molar-refractivity contribution is 6.34. The zero-order chi connectivity index (χ0) is 14.7. The Morgan fingerprint density at radius 1 is 1.55 bits per heavy atom. The maximum absolute atomic E-state index is 12.0. The lowest BCUT2D eigenvalue weighted by molar-refractivity contribution is 0.0601. The number of nitrogens with zero attached hydrogens (tertiary/aromatic N) is 1. The summed E-state index contributed by atoms with van der Waals surface area (Å²) in [7, 11) is 1.32. The first-order valence-corrected chi connectivity index (χ1v) is 7.01. The number of benzene rings is 1. The minimum absolute atomic E-state index is 0.00216. The lowest BCUT2D eigenvalue weighted by Gasteiger charge is -2.40. The number of carbonyl (C=O) groups excluding carboxylic acids is 1. The van der Waals surface area contributed by atoms with Crippen LogP contribution >= 0.6 is 11.6 Å². The third-order valence-corrected chi connectivity index (χ3v) is 3.92. The van der Waals surface area contributed by atoms with Crippen molar-refractivity contribution in [2.24, 2.45) is 0 Å². The third-order valence-electron chi connectivity index (χ3n) is 3.63. The summed E-state index contributed by atoms with van der Waals surface area (Å²) in [4.78, 5) is 13.9. The summed E-state index contributed by atoms with van der Waals surface area (Å²) in [5.74, 6) is -0.475. The number of carbonyl (C=O) groups is 1. The average Bonchev–Trinajstić information content (AvgIpc) is 2.34. The second-order valence-corrected chi connectivity index (χ2v) is 5.30. The molecule has 0 spiro atoms. The zero-order valence-electron chi connectivity index (χ0n) is 11.4. The summed E-state index contributed by atoms with van der Waals surface area (Å²) in [6, 6.07) is 3.48. The molecule has 0 saturated heterocycles. The fourth-order valence-electron chi connectivity index (χ4n) is 2.46. The van der Waals surface area contributed by atoms with Crippen LogP contribution in [0.25, 0.3) is 0 Å². The standard InChI is InChI=1S/C14H19ClN2O3/c1-20-14(19)11-7-9(16)8-12(15)13(11)17(5-6-18)10-3-2-4-10/h7-8,10,18H,2-6,16H2,1H3. The Morgan fingerprint density at radius 2 is 2.25 bits per heavy atom. The van der Waals surface area contributed by atoms with Crippen molar-refractivity contribution in [3.05, 3.63) is 22.7 Å². The molecule has 0 heterocycles. The summed E-state index contributed by atoms with van der Waals surface area (Å²) >= 11 is 6.28. The molecule has 5 nitrogen and oxygen atoms in total. The Bertz CT molecular complexity index is 503. The molecule has 1 aromatic carbocycles. The van der Waals surface area contributed by atoms with E-state index in [1.807, 2.05) is 4.90 Å². The molecular weight excluding hydrogens is 280 g/mol. The summed E-state index contributed by atoms with van der Waals surface area (Å²) in [6.45, 7) is 0.427. The van der Waals surface area contributed by atoms with E-state index in [1.165, 1.54) is 7.11 Å². The smallest absolute Gasteiger partial charge is 0.340 e. The Balaban J connectivity index is 2.48. The maximum atomic E-state index is 12.0. The Kier molecular flexibility index (Phi) is 4.73. The van der Waals surface area contributed by atoms with Crippen molar-refractivity contribution >= 4 is 28.9 Å². The van der Waals surface area contributed by atoms with E-state index >= 15 is 0 Å². The van der Waals surface area contributed by atoms with E-state index in [1.54, 1.807) is 12.1 Å². The second-order valence-electron chi connectivity index (χ2n) is 4.89. The lowest BCUT2D eigenvalue weighted by Crippen LogP contribution is -2.43. The summed E-state index contributed by atoms with van der Waals surface area (Å²) < 4.78 is 4.80. The number of nitrogens with two attached hydrogens (primary N) is 1. The van der Waals surface area contributed by atoms with E-state index in [0.29, 0.717) is 34.5 Å². The number of anilines is 2. The topological polar surface area (TPSA) is 75.8 Å². The van der Waals surface area contributed by atoms with Crippen LogP contribution in [0.4, 0.5) is 11.4 Å². The molecule has 0 unspecified atom stereocenters. The monoisotopic (exact) mass is 298 g/mol. The first kappa shape index (κ1) is 14.9. The summed E-state index contributed by atoms with van der Waals surface area (Å²) in [5.41, 5.74) is 7.12. The first-order chi connectivity index (χ1) is 9.58. The van der Waals surface area contributed by atoms with Crippen LogP contribution in [0.1, 0.15) is 29.6 Å². The SMILES string of the molecule is COC(=O)c1cc(N)cc(Cl)c1N(CCO)C1CCC1. The van der Waals surface area contributed by atoms with Gasteiger partial charge in [-0.2, -0.15) is 0 Å². The number of aliphatic hydroxyl groups excluding tert-OH is 1. The molecule has 20 heavy (non-hydrogen) atoms. The van der Waals surface area contributed by atoms with E-state index in [4.69, 9.17) is 22.1 Å². The van der Waals surface area contributed by atoms with Gasteiger partial charge in [0.15, 0.2) is 0 Å². The second kappa shape index (κ2) is 6.33. The molecule has 1 aliphatic carbocycles. The molecule has 0 amide bonds. The Morgan fingerprint density at radius 3 is 2.75 bits per heavy atom. The molecule has 1 aliphatic rings. The molecule has 0 atom stereocenters. The van der Waals surface area contributed by atoms with Crippen molar-refractivity contribution in [1.29, 1.82) is 0 Å². The first-order valence-electron chi connectivity index (χ1n) is 6.63. The normalized spacial score (nSPS) is 14.8. The van der Waals surface area contributed by atoms with Crippen molar-refractivity contribution in [3.8, 4) is 0 Å². The van der Waals surface area contributed by atoms with Gasteiger partial charge in [0.1, 0.15) is 0 Å². The van der Waals surface area contributed by atoms with Gasteiger partial charge in [-0.05, 0) is 31.4 Å². The summed E-state index contributed by atoms with van der Waals surface area (Å²) in [6.07, 6.45) is 3.20. The van der Waals surface area contributed by atoms with Gasteiger partial charge in [-0.25, -0.2) is 4.79 Å². The number of nitrogen functional groups attached to an aromatic ring is 1. The lowest BCUT2D eigenvalue weighted by atomic mass is 9.90. The fourth-order valence-corrected chi connectivity index (χ4v) is 2.80. The molecule has 3 N–H and O–H groups in total. The number of halogens is 1. The molecule has 0 bridgehead atoms. The molecular formula is C14H19ClN2O3. The van der Waals surface area contributed by atoms with Crippen LogP contribution in [-0.4, -0.2) is 37.4 Å². The van der Waals surface area contributed by atoms with E-state index in [2.05, 4.69) is 0 Å². The average molecular weight is 299 g/mol. The Labute approximate surface area is 123 Å². The zero-order valence-corrected chi connectivity index (χ0v) is 12.2. The minimum atomic E-state index is -0.475. The molecule has 0 aliphatic heterocycles. The van der Waals surface area contributed by atoms with Crippen LogP contribution in [0.15, 0.2) is 12.1 Å². The van der Waals surface area contributed by atoms with Crippen molar-refractivity contribution in [2.45, 2.75) is 25.3 Å². The molecule has 0 radical (unpaired) electrons. The third kappa shape index (κ3) is 2.83. The number of hydrogen-bond donors (Lipinski definition) is 2. The van der Waals surface area contributed by atoms with Gasteiger partial charge in [-0.1, -0.05) is 11.6 Å². The predicted molar refractivity (Wildman–Crippen MR) is 79.3 cm³/mol. The van der Waals surface area contributed by atoms with Gasteiger partial charge >= 0.3 is 5.97 Å². The number of esters is 1. The van der Waals surface area contributed by atoms with Gasteiger partial charge in [-0.3, -0.25) is 0 Å². The maximum Gasteiger partial charge on any atom is 0.340 e. The van der Waals surface area contributed by atoms with Gasteiger partial charge in [0.05, 0.1) is 30.0 Å². The van der Waals surface area contributed by atoms with Crippen molar-refractivity contribution in [2.75, 3.05) is 30.9 Å². The highest BCUT2D eigenvalue weighted by atomic mass is 35.5. The van der Waals surface area contributed by atoms with Gasteiger partial charge in [0.2, 0.25) is 0 Å². The van der Waals surface area contributed by atoms with E-state index in [9.17, 15) is 9.90 Å². The number of hydrogen-bond acceptors (Lipinski definition) is 5. The minimum Gasteiger partial charge on any atom is -0.465 e. The number of aliphatic hydroxyl groups is 1. The van der Waals surface area contributed by atoms with Crippen LogP contribution < -0.4 is 10.6 Å². The van der Waals surface area contributed by atoms with Crippen LogP contribution in [0, 0.1) is 0 Å². The molecule has 1 saturated carbocycles. The van der Waals surface area contributed by atoms with Gasteiger partial charge in [0, 0.05) is 18.3 Å². The number of rotatable bonds is 5. The Hall–Kier alpha value is -1.46. The molecule has 1 aromatic rings. The highest BCUT2D eigenvalue weighted by Crippen LogP contribution is 2.38. The number of methoxy groups -OCH3 is 1. The molecule has 110 valence electrons. The van der Waals surface area contributed by atoms with E-state index in [-0.39, 0.29) is 6.61 Å². The van der Waals surface area contributed by atoms with Crippen molar-refractivity contribution in [1.82, 2.24) is 0 Å². The summed E-state index contributed by atoms with van der Waals surface area (Å²) in [5, 5.41) is 9.68. The highest BCUT2D eigenvalue weighted by Gasteiger charge is 2.30. The quantitative estimate of drug-likeness (QED) is 0.643. The van der Waals surface area contributed by atoms with Crippen molar-refractivity contribution in [3.63, 3.8) is 0 Å². The van der Waals surface area contributed by atoms with Crippen LogP contribution in [-0.2, 0) is 4.74 Å². The van der Waals surface area contributed by atoms with E-state index < -0.39 is 5.97 Å². The van der Waals surface area contributed by atoms with Crippen LogP contribution in [0.2, 0.25) is 5.02 Å². The van der Waals surface area contributed by atoms with Crippen LogP contribution in [0.5, 0.6) is 0 Å². The molecule has 6 heteroatoms. The van der Waals surface area contributed by atoms with Gasteiger partial charge in [-0.15, -0.1) is 0 Å². The van der Waals surface area contributed by atoms with Gasteiger partial charge < -0.3 is 20.5 Å². The molecule has 2 rings (SSSR count). The molecule has 0 aromatic heterocycles.